The first-order valence-electron chi connectivity index (χ1n) is 10.4. The molecule has 0 saturated carbocycles. The fourth-order valence-electron chi connectivity index (χ4n) is 3.18. The summed E-state index contributed by atoms with van der Waals surface area (Å²) < 4.78 is 29.1. The van der Waals surface area contributed by atoms with E-state index in [2.05, 4.69) is 30.2 Å². The number of hydrogen-bond acceptors (Lipinski definition) is 9. The normalized spacial score (nSPS) is 11.3. The Labute approximate surface area is 216 Å². The van der Waals surface area contributed by atoms with Crippen molar-refractivity contribution in [3.8, 4) is 11.4 Å². The third-order valence-corrected chi connectivity index (χ3v) is 7.32. The van der Waals surface area contributed by atoms with Gasteiger partial charge in [0, 0.05) is 28.0 Å². The van der Waals surface area contributed by atoms with Gasteiger partial charge >= 0.3 is 0 Å². The fraction of sp³-hybridized carbons (Fsp3) is 0.136. The van der Waals surface area contributed by atoms with E-state index in [1.54, 1.807) is 38.1 Å². The predicted molar refractivity (Wildman–Crippen MR) is 139 cm³/mol. The Morgan fingerprint density at radius 2 is 1.75 bits per heavy atom. The fourth-order valence-corrected chi connectivity index (χ4v) is 4.96. The monoisotopic (exact) mass is 544 g/mol. The van der Waals surface area contributed by atoms with Crippen LogP contribution < -0.4 is 15.9 Å². The van der Waals surface area contributed by atoms with Crippen LogP contribution in [0.15, 0.2) is 64.6 Å². The van der Waals surface area contributed by atoms with Gasteiger partial charge in [0.15, 0.2) is 5.82 Å². The highest BCUT2D eigenvalue weighted by Crippen LogP contribution is 2.23. The Balaban J connectivity index is 1.35. The molecule has 0 aliphatic carbocycles. The number of hydrogen-bond donors (Lipinski definition) is 3. The van der Waals surface area contributed by atoms with Crippen molar-refractivity contribution in [2.75, 3.05) is 21.6 Å². The van der Waals surface area contributed by atoms with Crippen molar-refractivity contribution in [3.63, 3.8) is 0 Å². The summed E-state index contributed by atoms with van der Waals surface area (Å²) in [6, 6.07) is 14.3. The summed E-state index contributed by atoms with van der Waals surface area (Å²) in [6.45, 7) is 3.43. The number of carbonyl (C=O) groups is 1. The van der Waals surface area contributed by atoms with Gasteiger partial charge in [-0.15, -0.1) is 10.2 Å². The highest BCUT2D eigenvalue weighted by atomic mass is 35.5. The molecule has 0 fully saturated rings. The van der Waals surface area contributed by atoms with Crippen LogP contribution in [0, 0.1) is 13.8 Å². The third kappa shape index (κ3) is 6.11. The van der Waals surface area contributed by atoms with Crippen molar-refractivity contribution < 1.29 is 13.2 Å². The number of rotatable bonds is 8. The number of nitrogens with two attached hydrogens (primary N) is 1. The van der Waals surface area contributed by atoms with Crippen molar-refractivity contribution in [1.29, 1.82) is 0 Å². The Morgan fingerprint density at radius 1 is 1.06 bits per heavy atom. The first-order valence-corrected chi connectivity index (χ1v) is 13.3. The van der Waals surface area contributed by atoms with Crippen LogP contribution in [0.4, 0.5) is 11.5 Å². The molecule has 0 unspecified atom stereocenters. The van der Waals surface area contributed by atoms with Gasteiger partial charge in [0.25, 0.3) is 10.0 Å². The van der Waals surface area contributed by atoms with Crippen molar-refractivity contribution in [2.45, 2.75) is 23.9 Å². The predicted octanol–water partition coefficient (Wildman–Crippen LogP) is 3.25. The first-order chi connectivity index (χ1) is 17.1. The van der Waals surface area contributed by atoms with Gasteiger partial charge in [-0.1, -0.05) is 23.4 Å². The third-order valence-electron chi connectivity index (χ3n) is 4.75. The number of amides is 1. The van der Waals surface area contributed by atoms with Crippen LogP contribution in [0.1, 0.15) is 11.5 Å². The number of benzene rings is 2. The van der Waals surface area contributed by atoms with Crippen LogP contribution in [0.25, 0.3) is 11.4 Å². The minimum atomic E-state index is -3.86. The van der Waals surface area contributed by atoms with E-state index in [1.807, 2.05) is 0 Å². The molecule has 0 aliphatic heterocycles. The van der Waals surface area contributed by atoms with Crippen LogP contribution in [0.5, 0.6) is 0 Å². The molecule has 36 heavy (non-hydrogen) atoms. The maximum absolute atomic E-state index is 12.7. The molecule has 0 atom stereocenters. The second kappa shape index (κ2) is 10.5. The Hall–Kier alpha value is -3.68. The van der Waals surface area contributed by atoms with E-state index in [4.69, 9.17) is 17.4 Å². The molecular formula is C22H21ClN8O3S2. The van der Waals surface area contributed by atoms with Gasteiger partial charge in [0.2, 0.25) is 11.1 Å². The molecule has 0 aliphatic rings. The van der Waals surface area contributed by atoms with Crippen LogP contribution in [0.3, 0.4) is 0 Å². The largest absolute Gasteiger partial charge is 0.335 e. The van der Waals surface area contributed by atoms with E-state index in [-0.39, 0.29) is 22.4 Å². The minimum Gasteiger partial charge on any atom is -0.335 e. The zero-order chi connectivity index (χ0) is 25.9. The summed E-state index contributed by atoms with van der Waals surface area (Å²) >= 11 is 7.02. The number of aromatic nitrogens is 5. The Bertz CT molecular complexity index is 1490. The molecule has 2 aromatic heterocycles. The highest BCUT2D eigenvalue weighted by Gasteiger charge is 2.17. The van der Waals surface area contributed by atoms with Crippen molar-refractivity contribution in [2.24, 2.45) is 0 Å². The van der Waals surface area contributed by atoms with Gasteiger partial charge in [-0.05, 0) is 62.4 Å². The molecule has 0 radical (unpaired) electrons. The van der Waals surface area contributed by atoms with Gasteiger partial charge in [-0.25, -0.2) is 23.1 Å². The minimum absolute atomic E-state index is 0.0178. The van der Waals surface area contributed by atoms with Gasteiger partial charge < -0.3 is 11.2 Å². The lowest BCUT2D eigenvalue weighted by Gasteiger charge is -2.10. The quantitative estimate of drug-likeness (QED) is 0.223. The van der Waals surface area contributed by atoms with E-state index < -0.39 is 10.0 Å². The van der Waals surface area contributed by atoms with E-state index in [0.717, 1.165) is 17.3 Å². The van der Waals surface area contributed by atoms with Crippen molar-refractivity contribution in [1.82, 2.24) is 24.8 Å². The zero-order valence-electron chi connectivity index (χ0n) is 19.1. The molecule has 1 amide bonds. The molecule has 4 aromatic rings. The molecule has 2 aromatic carbocycles. The molecule has 0 spiro atoms. The smallest absolute Gasteiger partial charge is 0.263 e. The lowest BCUT2D eigenvalue weighted by Crippen LogP contribution is -2.17. The van der Waals surface area contributed by atoms with Crippen molar-refractivity contribution in [3.05, 3.63) is 71.1 Å². The lowest BCUT2D eigenvalue weighted by molar-refractivity contribution is -0.113. The number of halogens is 1. The zero-order valence-corrected chi connectivity index (χ0v) is 21.5. The molecule has 2 heterocycles. The SMILES string of the molecule is Cc1cc(NS(=O)(=O)c2ccc(NC(=O)CSc3nnc(-c4ccc(Cl)cc4)n3N)cc2)nc(C)n1. The standard InChI is InChI=1S/C22H21ClN8O3S2/c1-13-11-19(26-14(2)25-13)30-36(33,34)18-9-7-17(8-10-18)27-20(32)12-35-22-29-28-21(31(22)24)15-3-5-16(23)6-4-15/h3-11H,12,24H2,1-2H3,(H,27,32)(H,25,26,30). The van der Waals surface area contributed by atoms with E-state index in [9.17, 15) is 13.2 Å². The maximum atomic E-state index is 12.7. The first kappa shape index (κ1) is 25.4. The van der Waals surface area contributed by atoms with Crippen LogP contribution >= 0.6 is 23.4 Å². The summed E-state index contributed by atoms with van der Waals surface area (Å²) in [5.74, 6) is 6.85. The number of nitrogen functional groups attached to an aromatic ring is 1. The van der Waals surface area contributed by atoms with Gasteiger partial charge in [-0.2, -0.15) is 0 Å². The average molecular weight is 545 g/mol. The number of nitrogens with zero attached hydrogens (tertiary/aromatic N) is 5. The van der Waals surface area contributed by atoms with E-state index in [0.29, 0.717) is 33.2 Å². The molecule has 0 saturated heterocycles. The maximum Gasteiger partial charge on any atom is 0.263 e. The Morgan fingerprint density at radius 3 is 2.42 bits per heavy atom. The molecule has 186 valence electrons. The molecule has 14 heteroatoms. The van der Waals surface area contributed by atoms with Gasteiger partial charge in [0.05, 0.1) is 10.6 Å². The van der Waals surface area contributed by atoms with Crippen LogP contribution in [0.2, 0.25) is 5.02 Å². The summed E-state index contributed by atoms with van der Waals surface area (Å²) in [5, 5.41) is 11.8. The topological polar surface area (TPSA) is 158 Å². The molecule has 4 rings (SSSR count). The average Bonchev–Trinajstić information content (AvgIpc) is 3.18. The van der Waals surface area contributed by atoms with Crippen LogP contribution in [-0.2, 0) is 14.8 Å². The molecule has 4 N–H and O–H groups in total. The Kier molecular flexibility index (Phi) is 7.43. The van der Waals surface area contributed by atoms with Crippen molar-refractivity contribution >= 4 is 50.8 Å². The molecule has 11 nitrogen and oxygen atoms in total. The van der Waals surface area contributed by atoms with Crippen LogP contribution in [-0.4, -0.2) is 44.9 Å². The van der Waals surface area contributed by atoms with E-state index in [1.165, 1.54) is 35.0 Å². The second-order valence-corrected chi connectivity index (χ2v) is 10.7. The number of nitrogens with one attached hydrogen (secondary N) is 2. The summed E-state index contributed by atoms with van der Waals surface area (Å²) in [5.41, 5.74) is 1.81. The number of anilines is 2. The summed E-state index contributed by atoms with van der Waals surface area (Å²) in [4.78, 5) is 20.6. The number of aryl methyl sites for hydroxylation is 2. The van der Waals surface area contributed by atoms with E-state index >= 15 is 0 Å². The highest BCUT2D eigenvalue weighted by molar-refractivity contribution is 7.99. The molecule has 0 bridgehead atoms. The number of thioether (sulfide) groups is 1. The van der Waals surface area contributed by atoms with Gasteiger partial charge in [0.1, 0.15) is 11.6 Å². The van der Waals surface area contributed by atoms with Gasteiger partial charge in [-0.3, -0.25) is 9.52 Å². The lowest BCUT2D eigenvalue weighted by atomic mass is 10.2. The number of carbonyl (C=O) groups excluding carboxylic acids is 1. The number of sulfonamides is 1. The molecular weight excluding hydrogens is 524 g/mol. The summed E-state index contributed by atoms with van der Waals surface area (Å²) in [7, 11) is -3.86. The summed E-state index contributed by atoms with van der Waals surface area (Å²) in [6.07, 6.45) is 0. The second-order valence-electron chi connectivity index (χ2n) is 7.59.